The Labute approximate surface area is 131 Å². The Morgan fingerprint density at radius 1 is 1.05 bits per heavy atom. The summed E-state index contributed by atoms with van der Waals surface area (Å²) in [6, 6.07) is 12.4. The monoisotopic (exact) mass is 311 g/mol. The van der Waals surface area contributed by atoms with Crippen molar-refractivity contribution in [3.63, 3.8) is 0 Å². The maximum atomic E-state index is 12.2. The molecule has 0 saturated carbocycles. The number of nitrogens with zero attached hydrogens (tertiary/aromatic N) is 2. The summed E-state index contributed by atoms with van der Waals surface area (Å²) in [5, 5.41) is 2.84. The van der Waals surface area contributed by atoms with E-state index in [-0.39, 0.29) is 11.7 Å². The van der Waals surface area contributed by atoms with Gasteiger partial charge >= 0.3 is 0 Å². The summed E-state index contributed by atoms with van der Waals surface area (Å²) in [5.41, 5.74) is 3.65. The van der Waals surface area contributed by atoms with E-state index in [4.69, 9.17) is 0 Å². The topological polar surface area (TPSA) is 72.0 Å². The largest absolute Gasteiger partial charge is 0.348 e. The summed E-state index contributed by atoms with van der Waals surface area (Å²) in [4.78, 5) is 23.5. The van der Waals surface area contributed by atoms with Gasteiger partial charge in [0.05, 0.1) is 11.7 Å². The normalized spacial score (nSPS) is 10.6. The zero-order chi connectivity index (χ0) is 15.5. The minimum atomic E-state index is -0.209. The lowest BCUT2D eigenvalue weighted by atomic mass is 10.1. The van der Waals surface area contributed by atoms with E-state index in [1.54, 1.807) is 24.3 Å². The Hall–Kier alpha value is -2.60. The highest BCUT2D eigenvalue weighted by molar-refractivity contribution is 7.00. The maximum absolute atomic E-state index is 12.2. The Balaban J connectivity index is 1.71. The minimum absolute atomic E-state index is 0.0591. The van der Waals surface area contributed by atoms with E-state index < -0.39 is 0 Å². The van der Waals surface area contributed by atoms with Crippen LogP contribution in [-0.4, -0.2) is 20.4 Å². The molecule has 0 saturated heterocycles. The first-order valence-corrected chi connectivity index (χ1v) is 7.47. The van der Waals surface area contributed by atoms with Crippen LogP contribution in [0.2, 0.25) is 0 Å². The fourth-order valence-electron chi connectivity index (χ4n) is 2.10. The van der Waals surface area contributed by atoms with Gasteiger partial charge in [0, 0.05) is 17.7 Å². The maximum Gasteiger partial charge on any atom is 0.251 e. The molecule has 1 heterocycles. The molecule has 1 amide bonds. The van der Waals surface area contributed by atoms with Crippen molar-refractivity contribution in [3.8, 4) is 0 Å². The molecule has 3 aromatic rings. The van der Waals surface area contributed by atoms with Crippen LogP contribution >= 0.6 is 11.7 Å². The SMILES string of the molecule is CC(=O)c1cccc(C(=O)NCc2ccc3nsnc3c2)c1. The van der Waals surface area contributed by atoms with Crippen LogP contribution in [0, 0.1) is 0 Å². The number of nitrogens with one attached hydrogen (secondary N) is 1. The third-order valence-corrected chi connectivity index (χ3v) is 3.86. The molecule has 0 radical (unpaired) electrons. The van der Waals surface area contributed by atoms with Crippen LogP contribution in [0.1, 0.15) is 33.2 Å². The molecule has 2 aromatic carbocycles. The van der Waals surface area contributed by atoms with Crippen LogP contribution in [0.3, 0.4) is 0 Å². The van der Waals surface area contributed by atoms with Crippen molar-refractivity contribution in [2.75, 3.05) is 0 Å². The first-order chi connectivity index (χ1) is 10.6. The number of carbonyl (C=O) groups is 2. The van der Waals surface area contributed by atoms with E-state index >= 15 is 0 Å². The predicted molar refractivity (Wildman–Crippen MR) is 85.0 cm³/mol. The highest BCUT2D eigenvalue weighted by Gasteiger charge is 2.08. The van der Waals surface area contributed by atoms with Crippen molar-refractivity contribution in [1.82, 2.24) is 14.1 Å². The highest BCUT2D eigenvalue weighted by atomic mass is 32.1. The average molecular weight is 311 g/mol. The van der Waals surface area contributed by atoms with Crippen molar-refractivity contribution in [2.45, 2.75) is 13.5 Å². The molecular formula is C16H13N3O2S. The van der Waals surface area contributed by atoms with Gasteiger partial charge in [0.1, 0.15) is 11.0 Å². The van der Waals surface area contributed by atoms with Gasteiger partial charge < -0.3 is 5.32 Å². The van der Waals surface area contributed by atoms with Crippen LogP contribution in [0.5, 0.6) is 0 Å². The molecule has 0 aliphatic heterocycles. The van der Waals surface area contributed by atoms with E-state index in [1.807, 2.05) is 18.2 Å². The average Bonchev–Trinajstić information content (AvgIpc) is 3.00. The number of Topliss-reactive ketones (excluding diaryl/α,β-unsaturated/α-hetero) is 1. The summed E-state index contributed by atoms with van der Waals surface area (Å²) in [5.74, 6) is -0.268. The van der Waals surface area contributed by atoms with Gasteiger partial charge in [0.15, 0.2) is 5.78 Å². The number of ketones is 1. The predicted octanol–water partition coefficient (Wildman–Crippen LogP) is 2.82. The van der Waals surface area contributed by atoms with Crippen molar-refractivity contribution >= 4 is 34.5 Å². The second-order valence-electron chi connectivity index (χ2n) is 4.91. The Bertz CT molecular complexity index is 857. The van der Waals surface area contributed by atoms with Crippen molar-refractivity contribution in [3.05, 3.63) is 59.2 Å². The fourth-order valence-corrected chi connectivity index (χ4v) is 2.62. The molecule has 3 rings (SSSR count). The quantitative estimate of drug-likeness (QED) is 0.752. The third kappa shape index (κ3) is 3.01. The molecule has 0 fully saturated rings. The van der Waals surface area contributed by atoms with Gasteiger partial charge in [0.25, 0.3) is 5.91 Å². The molecule has 1 N–H and O–H groups in total. The summed E-state index contributed by atoms with van der Waals surface area (Å²) in [6.45, 7) is 1.88. The van der Waals surface area contributed by atoms with Gasteiger partial charge in [-0.3, -0.25) is 9.59 Å². The summed E-state index contributed by atoms with van der Waals surface area (Å²) < 4.78 is 8.32. The van der Waals surface area contributed by atoms with Crippen LogP contribution in [0.25, 0.3) is 11.0 Å². The number of aromatic nitrogens is 2. The van der Waals surface area contributed by atoms with Crippen LogP contribution in [-0.2, 0) is 6.54 Å². The second kappa shape index (κ2) is 6.03. The minimum Gasteiger partial charge on any atom is -0.348 e. The zero-order valence-electron chi connectivity index (χ0n) is 11.9. The molecule has 0 unspecified atom stereocenters. The molecule has 0 aliphatic carbocycles. The summed E-state index contributed by atoms with van der Waals surface area (Å²) >= 11 is 1.17. The van der Waals surface area contributed by atoms with Crippen molar-refractivity contribution < 1.29 is 9.59 Å². The van der Waals surface area contributed by atoms with Crippen LogP contribution in [0.4, 0.5) is 0 Å². The number of amides is 1. The molecule has 0 atom stereocenters. The Morgan fingerprint density at radius 2 is 1.82 bits per heavy atom. The van der Waals surface area contributed by atoms with Gasteiger partial charge in [-0.15, -0.1) is 0 Å². The second-order valence-corrected chi connectivity index (χ2v) is 5.44. The molecule has 6 heteroatoms. The molecule has 5 nitrogen and oxygen atoms in total. The lowest BCUT2D eigenvalue weighted by Crippen LogP contribution is -2.23. The van der Waals surface area contributed by atoms with E-state index in [1.165, 1.54) is 18.7 Å². The fraction of sp³-hybridized carbons (Fsp3) is 0.125. The number of fused-ring (bicyclic) bond motifs is 1. The van der Waals surface area contributed by atoms with Crippen molar-refractivity contribution in [2.24, 2.45) is 0 Å². The molecule has 0 spiro atoms. The van der Waals surface area contributed by atoms with E-state index in [2.05, 4.69) is 14.1 Å². The van der Waals surface area contributed by atoms with Gasteiger partial charge in [0.2, 0.25) is 0 Å². The number of hydrogen-bond acceptors (Lipinski definition) is 5. The summed E-state index contributed by atoms with van der Waals surface area (Å²) in [6.07, 6.45) is 0. The first-order valence-electron chi connectivity index (χ1n) is 6.74. The lowest BCUT2D eigenvalue weighted by Gasteiger charge is -2.06. The molecular weight excluding hydrogens is 298 g/mol. The Morgan fingerprint density at radius 3 is 2.64 bits per heavy atom. The van der Waals surface area contributed by atoms with Crippen molar-refractivity contribution in [1.29, 1.82) is 0 Å². The van der Waals surface area contributed by atoms with E-state index in [0.29, 0.717) is 17.7 Å². The smallest absolute Gasteiger partial charge is 0.251 e. The zero-order valence-corrected chi connectivity index (χ0v) is 12.7. The van der Waals surface area contributed by atoms with Crippen LogP contribution < -0.4 is 5.32 Å². The molecule has 22 heavy (non-hydrogen) atoms. The van der Waals surface area contributed by atoms with Gasteiger partial charge in [-0.05, 0) is 36.8 Å². The van der Waals surface area contributed by atoms with E-state index in [0.717, 1.165) is 16.6 Å². The molecule has 0 bridgehead atoms. The summed E-state index contributed by atoms with van der Waals surface area (Å²) in [7, 11) is 0. The Kier molecular flexibility index (Phi) is 3.93. The van der Waals surface area contributed by atoms with Crippen LogP contribution in [0.15, 0.2) is 42.5 Å². The lowest BCUT2D eigenvalue weighted by molar-refractivity contribution is 0.0951. The van der Waals surface area contributed by atoms with Gasteiger partial charge in [-0.25, -0.2) is 0 Å². The first kappa shape index (κ1) is 14.3. The number of rotatable bonds is 4. The number of hydrogen-bond donors (Lipinski definition) is 1. The van der Waals surface area contributed by atoms with Gasteiger partial charge in [-0.2, -0.15) is 8.75 Å². The highest BCUT2D eigenvalue weighted by Crippen LogP contribution is 2.13. The number of carbonyl (C=O) groups excluding carboxylic acids is 2. The standard InChI is InChI=1S/C16H13N3O2S/c1-10(20)12-3-2-4-13(8-12)16(21)17-9-11-5-6-14-15(7-11)19-22-18-14/h2-8H,9H2,1H3,(H,17,21). The third-order valence-electron chi connectivity index (χ3n) is 3.30. The van der Waals surface area contributed by atoms with E-state index in [9.17, 15) is 9.59 Å². The molecule has 110 valence electrons. The molecule has 1 aromatic heterocycles. The number of benzene rings is 2. The molecule has 0 aliphatic rings. The van der Waals surface area contributed by atoms with Gasteiger partial charge in [-0.1, -0.05) is 18.2 Å².